The molecule has 0 radical (unpaired) electrons. The van der Waals surface area contributed by atoms with Gasteiger partial charge < -0.3 is 19.9 Å². The van der Waals surface area contributed by atoms with E-state index in [4.69, 9.17) is 16.3 Å². The highest BCUT2D eigenvalue weighted by atomic mass is 35.5. The minimum Gasteiger partial charge on any atom is -0.385 e. The maximum absolute atomic E-state index is 12.3. The molecule has 0 saturated carbocycles. The Bertz CT molecular complexity index is 703. The highest BCUT2D eigenvalue weighted by Gasteiger charge is 2.27. The number of imidazole rings is 1. The van der Waals surface area contributed by atoms with Crippen LogP contribution in [0.4, 0.5) is 5.95 Å². The molecule has 0 spiro atoms. The number of H-pyrrole nitrogens is 1. The van der Waals surface area contributed by atoms with Crippen LogP contribution in [0.25, 0.3) is 11.0 Å². The van der Waals surface area contributed by atoms with Gasteiger partial charge in [-0.05, 0) is 37.5 Å². The number of hydrogen-bond donors (Lipinski definition) is 2. The van der Waals surface area contributed by atoms with E-state index in [1.54, 1.807) is 7.11 Å². The number of fused-ring (bicyclic) bond motifs is 1. The summed E-state index contributed by atoms with van der Waals surface area (Å²) in [6.07, 6.45) is 2.73. The number of carbonyl (C=O) groups excluding carboxylic acids is 1. The number of piperidine rings is 1. The van der Waals surface area contributed by atoms with Crippen molar-refractivity contribution in [1.82, 2.24) is 15.3 Å². The third-order valence-corrected chi connectivity index (χ3v) is 4.58. The van der Waals surface area contributed by atoms with Crippen LogP contribution in [0, 0.1) is 5.92 Å². The van der Waals surface area contributed by atoms with E-state index in [2.05, 4.69) is 20.2 Å². The molecule has 1 aliphatic heterocycles. The zero-order chi connectivity index (χ0) is 16.9. The third kappa shape index (κ3) is 3.99. The second-order valence-corrected chi connectivity index (χ2v) is 6.58. The largest absolute Gasteiger partial charge is 0.385 e. The van der Waals surface area contributed by atoms with Gasteiger partial charge in [-0.3, -0.25) is 4.79 Å². The van der Waals surface area contributed by atoms with Crippen LogP contribution in [0.15, 0.2) is 18.2 Å². The van der Waals surface area contributed by atoms with Crippen LogP contribution >= 0.6 is 11.6 Å². The van der Waals surface area contributed by atoms with E-state index in [0.717, 1.165) is 42.8 Å². The molecule has 1 saturated heterocycles. The lowest BCUT2D eigenvalue weighted by Gasteiger charge is -2.31. The lowest BCUT2D eigenvalue weighted by atomic mass is 9.97. The summed E-state index contributed by atoms with van der Waals surface area (Å²) in [5, 5.41) is 3.68. The Morgan fingerprint density at radius 1 is 1.54 bits per heavy atom. The monoisotopic (exact) mass is 350 g/mol. The van der Waals surface area contributed by atoms with Crippen LogP contribution in [0.2, 0.25) is 5.02 Å². The predicted octanol–water partition coefficient (Wildman–Crippen LogP) is 2.59. The number of methoxy groups -OCH3 is 1. The maximum atomic E-state index is 12.3. The number of hydrogen-bond acceptors (Lipinski definition) is 4. The first-order valence-corrected chi connectivity index (χ1v) is 8.72. The topological polar surface area (TPSA) is 70.2 Å². The van der Waals surface area contributed by atoms with Gasteiger partial charge in [0, 0.05) is 38.4 Å². The number of aromatic nitrogens is 2. The van der Waals surface area contributed by atoms with Crippen LogP contribution in [0.5, 0.6) is 0 Å². The van der Waals surface area contributed by atoms with Crippen molar-refractivity contribution in [2.45, 2.75) is 19.3 Å². The second kappa shape index (κ2) is 7.85. The minimum atomic E-state index is -0.00176. The fourth-order valence-corrected chi connectivity index (χ4v) is 3.25. The van der Waals surface area contributed by atoms with E-state index in [1.165, 1.54) is 0 Å². The van der Waals surface area contributed by atoms with E-state index < -0.39 is 0 Å². The summed E-state index contributed by atoms with van der Waals surface area (Å²) in [5.41, 5.74) is 1.81. The molecule has 0 bridgehead atoms. The standard InChI is InChI=1S/C17H23ClN4O2/c1-24-9-3-7-19-16(23)12-4-2-8-22(11-12)17-20-14-6-5-13(18)10-15(14)21-17/h5-6,10,12H,2-4,7-9,11H2,1H3,(H,19,23)(H,20,21)/t12-/m1/s1. The fourth-order valence-electron chi connectivity index (χ4n) is 3.07. The summed E-state index contributed by atoms with van der Waals surface area (Å²) in [7, 11) is 1.67. The molecule has 6 nitrogen and oxygen atoms in total. The Hall–Kier alpha value is -1.79. The van der Waals surface area contributed by atoms with Gasteiger partial charge in [0.2, 0.25) is 11.9 Å². The maximum Gasteiger partial charge on any atom is 0.224 e. The number of amides is 1. The zero-order valence-corrected chi connectivity index (χ0v) is 14.6. The number of ether oxygens (including phenoxy) is 1. The van der Waals surface area contributed by atoms with Gasteiger partial charge in [-0.2, -0.15) is 0 Å². The number of halogens is 1. The number of anilines is 1. The molecule has 2 N–H and O–H groups in total. The summed E-state index contributed by atoms with van der Waals surface area (Å²) >= 11 is 6.03. The second-order valence-electron chi connectivity index (χ2n) is 6.14. The third-order valence-electron chi connectivity index (χ3n) is 4.35. The molecular formula is C17H23ClN4O2. The molecule has 1 amide bonds. The van der Waals surface area contributed by atoms with Gasteiger partial charge in [0.05, 0.1) is 17.0 Å². The summed E-state index contributed by atoms with van der Waals surface area (Å²) in [6, 6.07) is 5.61. The molecule has 1 aliphatic rings. The van der Waals surface area contributed by atoms with Crippen molar-refractivity contribution in [1.29, 1.82) is 0 Å². The molecule has 1 fully saturated rings. The normalized spacial score (nSPS) is 18.1. The van der Waals surface area contributed by atoms with Crippen LogP contribution in [0.1, 0.15) is 19.3 Å². The first-order valence-electron chi connectivity index (χ1n) is 8.34. The Morgan fingerprint density at radius 3 is 3.25 bits per heavy atom. The molecule has 3 rings (SSSR count). The first-order chi connectivity index (χ1) is 11.7. The summed E-state index contributed by atoms with van der Waals surface area (Å²) in [4.78, 5) is 22.4. The van der Waals surface area contributed by atoms with E-state index in [-0.39, 0.29) is 11.8 Å². The van der Waals surface area contributed by atoms with E-state index >= 15 is 0 Å². The van der Waals surface area contributed by atoms with Crippen molar-refractivity contribution in [2.24, 2.45) is 5.92 Å². The van der Waals surface area contributed by atoms with Crippen LogP contribution in [0.3, 0.4) is 0 Å². The number of aromatic amines is 1. The van der Waals surface area contributed by atoms with Crippen molar-refractivity contribution in [3.05, 3.63) is 23.2 Å². The van der Waals surface area contributed by atoms with Crippen LogP contribution in [-0.2, 0) is 9.53 Å². The molecule has 1 aromatic heterocycles. The quantitative estimate of drug-likeness (QED) is 0.786. The van der Waals surface area contributed by atoms with Gasteiger partial charge >= 0.3 is 0 Å². The average molecular weight is 351 g/mol. The molecule has 7 heteroatoms. The molecule has 24 heavy (non-hydrogen) atoms. The van der Waals surface area contributed by atoms with Crippen LogP contribution in [-0.4, -0.2) is 49.2 Å². The average Bonchev–Trinajstić information content (AvgIpc) is 3.02. The van der Waals surface area contributed by atoms with Crippen molar-refractivity contribution in [3.8, 4) is 0 Å². The number of benzene rings is 1. The number of rotatable bonds is 6. The van der Waals surface area contributed by atoms with Gasteiger partial charge in [0.1, 0.15) is 0 Å². The lowest BCUT2D eigenvalue weighted by molar-refractivity contribution is -0.125. The SMILES string of the molecule is COCCCNC(=O)[C@@H]1CCCN(c2nc3ccc(Cl)cc3[nH]2)C1. The van der Waals surface area contributed by atoms with Gasteiger partial charge in [-0.15, -0.1) is 0 Å². The minimum absolute atomic E-state index is 0.00176. The van der Waals surface area contributed by atoms with Gasteiger partial charge in [-0.25, -0.2) is 4.98 Å². The molecule has 1 aromatic carbocycles. The van der Waals surface area contributed by atoms with E-state index in [0.29, 0.717) is 24.7 Å². The molecule has 2 aromatic rings. The number of carbonyl (C=O) groups is 1. The van der Waals surface area contributed by atoms with Crippen LogP contribution < -0.4 is 10.2 Å². The van der Waals surface area contributed by atoms with Crippen molar-refractivity contribution in [2.75, 3.05) is 38.3 Å². The Kier molecular flexibility index (Phi) is 5.58. The summed E-state index contributed by atoms with van der Waals surface area (Å²) < 4.78 is 5.00. The number of nitrogens with zero attached hydrogens (tertiary/aromatic N) is 2. The highest BCUT2D eigenvalue weighted by Crippen LogP contribution is 2.25. The molecule has 1 atom stereocenters. The number of nitrogens with one attached hydrogen (secondary N) is 2. The molecule has 0 unspecified atom stereocenters. The van der Waals surface area contributed by atoms with E-state index in [1.807, 2.05) is 18.2 Å². The lowest BCUT2D eigenvalue weighted by Crippen LogP contribution is -2.43. The molecule has 0 aliphatic carbocycles. The van der Waals surface area contributed by atoms with Gasteiger partial charge in [0.15, 0.2) is 0 Å². The van der Waals surface area contributed by atoms with Gasteiger partial charge in [0.25, 0.3) is 0 Å². The molecule has 130 valence electrons. The smallest absolute Gasteiger partial charge is 0.224 e. The Labute approximate surface area is 146 Å². The summed E-state index contributed by atoms with van der Waals surface area (Å²) in [5.74, 6) is 0.928. The zero-order valence-electron chi connectivity index (χ0n) is 13.8. The van der Waals surface area contributed by atoms with Crippen molar-refractivity contribution in [3.63, 3.8) is 0 Å². The van der Waals surface area contributed by atoms with Crippen molar-refractivity contribution < 1.29 is 9.53 Å². The Balaban J connectivity index is 1.62. The first kappa shape index (κ1) is 17.0. The van der Waals surface area contributed by atoms with Crippen molar-refractivity contribution >= 4 is 34.5 Å². The van der Waals surface area contributed by atoms with E-state index in [9.17, 15) is 4.79 Å². The molecular weight excluding hydrogens is 328 g/mol. The fraction of sp³-hybridized carbons (Fsp3) is 0.529. The predicted molar refractivity (Wildman–Crippen MR) is 95.5 cm³/mol. The molecule has 2 heterocycles. The summed E-state index contributed by atoms with van der Waals surface area (Å²) in [6.45, 7) is 2.91. The van der Waals surface area contributed by atoms with Gasteiger partial charge in [-0.1, -0.05) is 11.6 Å². The Morgan fingerprint density at radius 2 is 2.42 bits per heavy atom. The highest BCUT2D eigenvalue weighted by molar-refractivity contribution is 6.31.